The van der Waals surface area contributed by atoms with E-state index in [-0.39, 0.29) is 12.5 Å². The van der Waals surface area contributed by atoms with Crippen LogP contribution < -0.4 is 0 Å². The first-order valence-corrected chi connectivity index (χ1v) is 4.82. The molecule has 0 saturated carbocycles. The fourth-order valence-corrected chi connectivity index (χ4v) is 0.897. The van der Waals surface area contributed by atoms with Crippen molar-refractivity contribution in [2.24, 2.45) is 0 Å². The predicted octanol–water partition coefficient (Wildman–Crippen LogP) is 1.84. The van der Waals surface area contributed by atoms with Crippen LogP contribution in [0.5, 0.6) is 0 Å². The molecule has 0 aliphatic heterocycles. The summed E-state index contributed by atoms with van der Waals surface area (Å²) in [7, 11) is 0. The lowest BCUT2D eigenvalue weighted by atomic mass is 10.3. The largest absolute Gasteiger partial charge is 0.338 e. The molecule has 0 bridgehead atoms. The van der Waals surface area contributed by atoms with Crippen molar-refractivity contribution in [1.82, 2.24) is 5.06 Å². The number of hydrogen-bond donors (Lipinski definition) is 0. The molecule has 15 heavy (non-hydrogen) atoms. The molecular weight excluding hydrogens is 194 g/mol. The number of hydroxylamine groups is 2. The fourth-order valence-electron chi connectivity index (χ4n) is 0.897. The van der Waals surface area contributed by atoms with Gasteiger partial charge in [0.2, 0.25) is 0 Å². The van der Waals surface area contributed by atoms with Crippen molar-refractivity contribution in [2.45, 2.75) is 26.7 Å². The molecule has 0 spiro atoms. The molecule has 0 aliphatic carbocycles. The van der Waals surface area contributed by atoms with Gasteiger partial charge in [-0.15, -0.1) is 6.58 Å². The molecule has 0 aromatic rings. The van der Waals surface area contributed by atoms with Gasteiger partial charge in [0.15, 0.2) is 0 Å². The Bertz CT molecular complexity index is 259. The Balaban J connectivity index is 4.25. The van der Waals surface area contributed by atoms with Gasteiger partial charge in [-0.3, -0.25) is 9.59 Å². The van der Waals surface area contributed by atoms with Crippen molar-refractivity contribution in [3.8, 4) is 0 Å². The molecule has 0 aromatic carbocycles. The molecule has 0 radical (unpaired) electrons. The van der Waals surface area contributed by atoms with Crippen molar-refractivity contribution in [3.05, 3.63) is 24.8 Å². The smallest absolute Gasteiger partial charge is 0.329 e. The quantitative estimate of drug-likeness (QED) is 0.515. The minimum absolute atomic E-state index is 0.219. The number of hydrogen-bond acceptors (Lipinski definition) is 3. The third-order valence-corrected chi connectivity index (χ3v) is 1.59. The van der Waals surface area contributed by atoms with Gasteiger partial charge in [0.05, 0.1) is 6.54 Å². The van der Waals surface area contributed by atoms with Gasteiger partial charge in [-0.25, -0.2) is 0 Å². The number of carbonyl (C=O) groups is 2. The Morgan fingerprint density at radius 1 is 1.47 bits per heavy atom. The van der Waals surface area contributed by atoms with Gasteiger partial charge >= 0.3 is 5.97 Å². The third-order valence-electron chi connectivity index (χ3n) is 1.59. The molecule has 0 atom stereocenters. The molecule has 0 rings (SSSR count). The molecular formula is C11H17NO3. The van der Waals surface area contributed by atoms with Gasteiger partial charge in [-0.1, -0.05) is 18.2 Å². The first-order chi connectivity index (χ1) is 7.11. The Labute approximate surface area is 90.2 Å². The molecule has 84 valence electrons. The van der Waals surface area contributed by atoms with Crippen LogP contribution in [0, 0.1) is 0 Å². The van der Waals surface area contributed by atoms with E-state index in [4.69, 9.17) is 4.84 Å². The van der Waals surface area contributed by atoms with Crippen LogP contribution in [0.1, 0.15) is 26.7 Å². The van der Waals surface area contributed by atoms with Gasteiger partial charge in [0.25, 0.3) is 5.91 Å². The molecule has 4 heteroatoms. The second-order valence-corrected chi connectivity index (χ2v) is 2.93. The molecule has 0 unspecified atom stereocenters. The zero-order valence-electron chi connectivity index (χ0n) is 9.23. The lowest BCUT2D eigenvalue weighted by Crippen LogP contribution is -2.32. The van der Waals surface area contributed by atoms with Crippen LogP contribution in [0.4, 0.5) is 0 Å². The second kappa shape index (κ2) is 7.79. The van der Waals surface area contributed by atoms with Crippen LogP contribution in [0.3, 0.4) is 0 Å². The van der Waals surface area contributed by atoms with Gasteiger partial charge in [-0.2, -0.15) is 5.06 Å². The fraction of sp³-hybridized carbons (Fsp3) is 0.455. The lowest BCUT2D eigenvalue weighted by molar-refractivity contribution is -0.194. The van der Waals surface area contributed by atoms with E-state index in [0.29, 0.717) is 12.8 Å². The van der Waals surface area contributed by atoms with Crippen molar-refractivity contribution >= 4 is 11.9 Å². The van der Waals surface area contributed by atoms with Crippen LogP contribution in [-0.2, 0) is 14.4 Å². The summed E-state index contributed by atoms with van der Waals surface area (Å²) in [4.78, 5) is 27.0. The normalized spacial score (nSPS) is 10.0. The maximum Gasteiger partial charge on any atom is 0.329 e. The van der Waals surface area contributed by atoms with Gasteiger partial charge in [0, 0.05) is 13.3 Å². The van der Waals surface area contributed by atoms with Crippen molar-refractivity contribution in [1.29, 1.82) is 0 Å². The van der Waals surface area contributed by atoms with E-state index < -0.39 is 5.97 Å². The molecule has 1 amide bonds. The van der Waals surface area contributed by atoms with Crippen LogP contribution in [0.15, 0.2) is 24.8 Å². The minimum Gasteiger partial charge on any atom is -0.338 e. The summed E-state index contributed by atoms with van der Waals surface area (Å²) < 4.78 is 0. The number of rotatable bonds is 5. The van der Waals surface area contributed by atoms with E-state index in [2.05, 4.69) is 6.58 Å². The number of nitrogens with zero attached hydrogens (tertiary/aromatic N) is 1. The average Bonchev–Trinajstić information content (AvgIpc) is 2.20. The van der Waals surface area contributed by atoms with Crippen LogP contribution in [0.2, 0.25) is 0 Å². The van der Waals surface area contributed by atoms with Crippen molar-refractivity contribution < 1.29 is 14.4 Å². The average molecular weight is 211 g/mol. The summed E-state index contributed by atoms with van der Waals surface area (Å²) in [5, 5.41) is 1.06. The van der Waals surface area contributed by atoms with E-state index in [0.717, 1.165) is 5.06 Å². The third kappa shape index (κ3) is 6.49. The highest BCUT2D eigenvalue weighted by atomic mass is 16.7. The molecule has 0 aliphatic rings. The van der Waals surface area contributed by atoms with Crippen LogP contribution >= 0.6 is 0 Å². The predicted molar refractivity (Wildman–Crippen MR) is 57.7 cm³/mol. The second-order valence-electron chi connectivity index (χ2n) is 2.93. The van der Waals surface area contributed by atoms with E-state index in [9.17, 15) is 9.59 Å². The van der Waals surface area contributed by atoms with Crippen LogP contribution in [-0.4, -0.2) is 23.5 Å². The number of amides is 1. The number of carbonyl (C=O) groups excluding carboxylic acids is 2. The van der Waals surface area contributed by atoms with Crippen LogP contribution in [0.25, 0.3) is 0 Å². The first-order valence-electron chi connectivity index (χ1n) is 4.82. The Morgan fingerprint density at radius 3 is 2.60 bits per heavy atom. The Morgan fingerprint density at radius 2 is 2.13 bits per heavy atom. The maximum atomic E-state index is 11.5. The Hall–Kier alpha value is -1.58. The summed E-state index contributed by atoms with van der Waals surface area (Å²) in [6.45, 7) is 6.91. The maximum absolute atomic E-state index is 11.5. The lowest BCUT2D eigenvalue weighted by Gasteiger charge is -2.18. The summed E-state index contributed by atoms with van der Waals surface area (Å²) in [6, 6.07) is 0. The SMILES string of the molecule is C=CCCC(=O)N(CC=CC)OC(C)=O. The summed E-state index contributed by atoms with van der Waals surface area (Å²) in [6.07, 6.45) is 6.06. The minimum atomic E-state index is -0.494. The van der Waals surface area contributed by atoms with Crippen molar-refractivity contribution in [2.75, 3.05) is 6.54 Å². The monoisotopic (exact) mass is 211 g/mol. The topological polar surface area (TPSA) is 46.6 Å². The van der Waals surface area contributed by atoms with Gasteiger partial charge in [-0.05, 0) is 13.3 Å². The highest BCUT2D eigenvalue weighted by molar-refractivity contribution is 5.77. The first kappa shape index (κ1) is 13.4. The zero-order valence-corrected chi connectivity index (χ0v) is 9.23. The number of allylic oxidation sites excluding steroid dienone is 2. The molecule has 4 nitrogen and oxygen atoms in total. The van der Waals surface area contributed by atoms with E-state index in [1.54, 1.807) is 18.2 Å². The van der Waals surface area contributed by atoms with Gasteiger partial charge < -0.3 is 4.84 Å². The van der Waals surface area contributed by atoms with Gasteiger partial charge in [0.1, 0.15) is 0 Å². The highest BCUT2D eigenvalue weighted by Crippen LogP contribution is 2.00. The standard InChI is InChI=1S/C11H17NO3/c1-4-6-8-11(14)12(9-7-5-2)15-10(3)13/h4-5,7H,1,6,8-9H2,2-3H3. The zero-order chi connectivity index (χ0) is 11.7. The van der Waals surface area contributed by atoms with E-state index in [1.807, 2.05) is 6.92 Å². The van der Waals surface area contributed by atoms with Crippen molar-refractivity contribution in [3.63, 3.8) is 0 Å². The summed E-state index contributed by atoms with van der Waals surface area (Å²) >= 11 is 0. The molecule has 0 saturated heterocycles. The van der Waals surface area contributed by atoms with E-state index >= 15 is 0 Å². The molecule has 0 fully saturated rings. The highest BCUT2D eigenvalue weighted by Gasteiger charge is 2.14. The summed E-state index contributed by atoms with van der Waals surface area (Å²) in [5.41, 5.74) is 0. The molecule has 0 aromatic heterocycles. The molecule has 0 N–H and O–H groups in total. The molecule has 0 heterocycles. The Kier molecular flexibility index (Phi) is 6.97. The summed E-state index contributed by atoms with van der Waals surface area (Å²) in [5.74, 6) is -0.713. The van der Waals surface area contributed by atoms with E-state index in [1.165, 1.54) is 6.92 Å².